The van der Waals surface area contributed by atoms with Gasteiger partial charge in [-0.05, 0) is 73.7 Å². The second kappa shape index (κ2) is 11.0. The highest BCUT2D eigenvalue weighted by Crippen LogP contribution is 2.48. The first-order valence-electron chi connectivity index (χ1n) is 13.9. The molecule has 1 fully saturated rings. The number of phenols is 1. The molecule has 3 aliphatic rings. The number of fused-ring (bicyclic) bond motifs is 2. The fourth-order valence-electron chi connectivity index (χ4n) is 6.28. The average molecular weight is 533 g/mol. The number of hydrogen-bond donors (Lipinski definition) is 3. The van der Waals surface area contributed by atoms with E-state index < -0.39 is 12.2 Å². The third-order valence-corrected chi connectivity index (χ3v) is 8.39. The second-order valence-corrected chi connectivity index (χ2v) is 11.0. The van der Waals surface area contributed by atoms with Gasteiger partial charge in [0.1, 0.15) is 28.7 Å². The van der Waals surface area contributed by atoms with Crippen molar-refractivity contribution in [3.63, 3.8) is 0 Å². The van der Waals surface area contributed by atoms with Crippen LogP contribution in [0.1, 0.15) is 66.6 Å². The highest BCUT2D eigenvalue weighted by molar-refractivity contribution is 5.52. The fraction of sp³-hybridized carbons (Fsp3) is 0.438. The topological polar surface area (TPSA) is 97.6 Å². The quantitative estimate of drug-likeness (QED) is 0.386. The van der Waals surface area contributed by atoms with Crippen LogP contribution in [-0.4, -0.2) is 41.7 Å². The van der Waals surface area contributed by atoms with Crippen LogP contribution in [0.2, 0.25) is 0 Å². The molecule has 39 heavy (non-hydrogen) atoms. The van der Waals surface area contributed by atoms with Crippen molar-refractivity contribution in [2.75, 3.05) is 20.3 Å². The summed E-state index contributed by atoms with van der Waals surface area (Å²) in [6.45, 7) is 0.518. The number of hydrogen-bond acceptors (Lipinski definition) is 7. The molecule has 0 bridgehead atoms. The van der Waals surface area contributed by atoms with E-state index in [-0.39, 0.29) is 36.9 Å². The Labute approximate surface area is 228 Å². The summed E-state index contributed by atoms with van der Waals surface area (Å²) in [7, 11) is 1.59. The summed E-state index contributed by atoms with van der Waals surface area (Å²) in [4.78, 5) is 0. The van der Waals surface area contributed by atoms with Crippen LogP contribution in [0.4, 0.5) is 0 Å². The SMILES string of the molecule is COc1cc(Cc2cccc(O)c2)c2c(c1)[C@@H](O)[C@@H]([C@@H]1COc3ccc(OC4CCCCC4)cc3[C@@H]1O)CO2. The van der Waals surface area contributed by atoms with E-state index in [0.717, 1.165) is 29.7 Å². The molecule has 0 amide bonds. The van der Waals surface area contributed by atoms with Crippen LogP contribution in [0, 0.1) is 11.8 Å². The predicted molar refractivity (Wildman–Crippen MR) is 146 cm³/mol. The van der Waals surface area contributed by atoms with Crippen molar-refractivity contribution in [1.29, 1.82) is 0 Å². The molecule has 7 heteroatoms. The zero-order chi connectivity index (χ0) is 26.9. The average Bonchev–Trinajstić information content (AvgIpc) is 2.95. The molecule has 3 aromatic rings. The minimum Gasteiger partial charge on any atom is -0.508 e. The van der Waals surface area contributed by atoms with Gasteiger partial charge in [-0.3, -0.25) is 0 Å². The first-order valence-corrected chi connectivity index (χ1v) is 13.9. The zero-order valence-corrected chi connectivity index (χ0v) is 22.2. The van der Waals surface area contributed by atoms with E-state index in [2.05, 4.69) is 0 Å². The van der Waals surface area contributed by atoms with Crippen LogP contribution in [-0.2, 0) is 6.42 Å². The highest BCUT2D eigenvalue weighted by atomic mass is 16.5. The Kier molecular flexibility index (Phi) is 7.28. The lowest BCUT2D eigenvalue weighted by Crippen LogP contribution is -2.40. The van der Waals surface area contributed by atoms with Crippen molar-refractivity contribution >= 4 is 0 Å². The smallest absolute Gasteiger partial charge is 0.128 e. The zero-order valence-electron chi connectivity index (χ0n) is 22.2. The van der Waals surface area contributed by atoms with E-state index in [1.165, 1.54) is 19.3 Å². The monoisotopic (exact) mass is 532 g/mol. The van der Waals surface area contributed by atoms with Gasteiger partial charge in [0.2, 0.25) is 0 Å². The number of ether oxygens (including phenoxy) is 4. The number of benzene rings is 3. The van der Waals surface area contributed by atoms with Gasteiger partial charge in [-0.1, -0.05) is 18.6 Å². The number of aromatic hydroxyl groups is 1. The molecule has 0 spiro atoms. The summed E-state index contributed by atoms with van der Waals surface area (Å²) in [5.41, 5.74) is 3.10. The van der Waals surface area contributed by atoms with E-state index in [1.807, 2.05) is 30.3 Å². The summed E-state index contributed by atoms with van der Waals surface area (Å²) in [5.74, 6) is 2.08. The van der Waals surface area contributed by atoms with E-state index in [9.17, 15) is 15.3 Å². The van der Waals surface area contributed by atoms with Crippen molar-refractivity contribution in [3.8, 4) is 28.7 Å². The molecule has 0 unspecified atom stereocenters. The van der Waals surface area contributed by atoms with Gasteiger partial charge in [0.15, 0.2) is 0 Å². The summed E-state index contributed by atoms with van der Waals surface area (Å²) in [5, 5.41) is 33.0. The van der Waals surface area contributed by atoms with Gasteiger partial charge >= 0.3 is 0 Å². The molecule has 1 aliphatic carbocycles. The second-order valence-electron chi connectivity index (χ2n) is 11.0. The molecule has 7 nitrogen and oxygen atoms in total. The van der Waals surface area contributed by atoms with Crippen molar-refractivity contribution in [1.82, 2.24) is 0 Å². The Morgan fingerprint density at radius 1 is 0.821 bits per heavy atom. The van der Waals surface area contributed by atoms with E-state index >= 15 is 0 Å². The number of aliphatic hydroxyl groups is 2. The molecule has 3 N–H and O–H groups in total. The lowest BCUT2D eigenvalue weighted by atomic mass is 9.77. The molecule has 0 radical (unpaired) electrons. The van der Waals surface area contributed by atoms with Crippen LogP contribution in [0.25, 0.3) is 0 Å². The minimum atomic E-state index is -0.877. The molecule has 0 aromatic heterocycles. The maximum atomic E-state index is 11.6. The number of phenolic OH excluding ortho intramolecular Hbond substituents is 1. The molecule has 2 heterocycles. The predicted octanol–water partition coefficient (Wildman–Crippen LogP) is 5.49. The largest absolute Gasteiger partial charge is 0.508 e. The van der Waals surface area contributed by atoms with E-state index in [0.29, 0.717) is 34.8 Å². The molecule has 2 aliphatic heterocycles. The minimum absolute atomic E-state index is 0.198. The van der Waals surface area contributed by atoms with Gasteiger partial charge in [-0.25, -0.2) is 0 Å². The van der Waals surface area contributed by atoms with E-state index in [1.54, 1.807) is 31.4 Å². The molecular weight excluding hydrogens is 496 g/mol. The lowest BCUT2D eigenvalue weighted by molar-refractivity contribution is -0.0555. The van der Waals surface area contributed by atoms with Crippen LogP contribution >= 0.6 is 0 Å². The van der Waals surface area contributed by atoms with Crippen LogP contribution in [0.15, 0.2) is 54.6 Å². The molecule has 4 atom stereocenters. The van der Waals surface area contributed by atoms with Gasteiger partial charge in [0.25, 0.3) is 0 Å². The molecule has 3 aromatic carbocycles. The van der Waals surface area contributed by atoms with Crippen molar-refractivity contribution in [2.45, 2.75) is 56.8 Å². The summed E-state index contributed by atoms with van der Waals surface area (Å²) < 4.78 is 24.1. The maximum absolute atomic E-state index is 11.6. The van der Waals surface area contributed by atoms with Gasteiger partial charge < -0.3 is 34.3 Å². The van der Waals surface area contributed by atoms with Crippen molar-refractivity contribution in [3.05, 3.63) is 76.9 Å². The van der Waals surface area contributed by atoms with Crippen LogP contribution in [0.5, 0.6) is 28.7 Å². The molecular formula is C32H36O7. The summed E-state index contributed by atoms with van der Waals surface area (Å²) >= 11 is 0. The Morgan fingerprint density at radius 2 is 1.56 bits per heavy atom. The standard InChI is InChI=1S/C32H36O7/c1-36-24-14-20(12-19-6-5-7-21(33)13-19)32-26(16-24)31(35)28(18-38-32)27-17-37-29-11-10-23(15-25(29)30(27)34)39-22-8-3-2-4-9-22/h5-7,10-11,13-16,22,27-28,30-31,33-35H,2-4,8-9,12,17-18H2,1H3/t27-,28+,30-,31+/m0/s1. The van der Waals surface area contributed by atoms with Gasteiger partial charge in [0, 0.05) is 34.9 Å². The lowest BCUT2D eigenvalue weighted by Gasteiger charge is -2.40. The molecule has 0 saturated heterocycles. The van der Waals surface area contributed by atoms with Crippen molar-refractivity contribution < 1.29 is 34.3 Å². The van der Waals surface area contributed by atoms with Crippen LogP contribution in [0.3, 0.4) is 0 Å². The third-order valence-electron chi connectivity index (χ3n) is 8.39. The van der Waals surface area contributed by atoms with E-state index in [4.69, 9.17) is 18.9 Å². The van der Waals surface area contributed by atoms with Gasteiger partial charge in [0.05, 0.1) is 38.6 Å². The maximum Gasteiger partial charge on any atom is 0.128 e. The van der Waals surface area contributed by atoms with Crippen molar-refractivity contribution in [2.24, 2.45) is 11.8 Å². The first-order chi connectivity index (χ1) is 19.0. The first kappa shape index (κ1) is 25.8. The summed E-state index contributed by atoms with van der Waals surface area (Å²) in [6, 6.07) is 16.5. The molecule has 6 rings (SSSR count). The third kappa shape index (κ3) is 5.25. The molecule has 206 valence electrons. The Balaban J connectivity index is 1.24. The number of methoxy groups -OCH3 is 1. The van der Waals surface area contributed by atoms with Gasteiger partial charge in [-0.2, -0.15) is 0 Å². The summed E-state index contributed by atoms with van der Waals surface area (Å²) in [6.07, 6.45) is 4.76. The Bertz CT molecular complexity index is 1320. The Hall–Kier alpha value is -3.42. The molecule has 1 saturated carbocycles. The number of aliphatic hydroxyl groups excluding tert-OH is 2. The Morgan fingerprint density at radius 3 is 2.33 bits per heavy atom. The van der Waals surface area contributed by atoms with Crippen LogP contribution < -0.4 is 18.9 Å². The fourth-order valence-corrected chi connectivity index (χ4v) is 6.28. The normalized spacial score (nSPS) is 24.6. The highest BCUT2D eigenvalue weighted by Gasteiger charge is 2.43. The van der Waals surface area contributed by atoms with Gasteiger partial charge in [-0.15, -0.1) is 0 Å². The number of rotatable bonds is 6.